The number of halogens is 1. The predicted molar refractivity (Wildman–Crippen MR) is 78.1 cm³/mol. The van der Waals surface area contributed by atoms with Crippen molar-refractivity contribution in [2.45, 2.75) is 6.61 Å². The topological polar surface area (TPSA) is 65.0 Å². The lowest BCUT2D eigenvalue weighted by Crippen LogP contribution is -2.16. The predicted octanol–water partition coefficient (Wildman–Crippen LogP) is 3.45. The van der Waals surface area contributed by atoms with Crippen molar-refractivity contribution in [3.63, 3.8) is 0 Å². The number of carboxylic acid groups (broad SMARTS) is 1. The Kier molecular flexibility index (Phi) is 3.90. The number of benzene rings is 1. The van der Waals surface area contributed by atoms with Gasteiger partial charge in [-0.25, -0.2) is 4.79 Å². The van der Waals surface area contributed by atoms with E-state index in [1.54, 1.807) is 23.6 Å². The van der Waals surface area contributed by atoms with Crippen molar-refractivity contribution in [1.82, 2.24) is 0 Å². The molecule has 1 aromatic heterocycles. The Bertz CT molecular complexity index is 682. The molecule has 1 N–H and O–H groups in total. The van der Waals surface area contributed by atoms with E-state index < -0.39 is 5.97 Å². The second-order valence-electron chi connectivity index (χ2n) is 4.31. The molecule has 0 bridgehead atoms. The molecule has 0 saturated carbocycles. The highest BCUT2D eigenvalue weighted by molar-refractivity contribution is 7.12. The normalized spacial score (nSPS) is 13.0. The minimum absolute atomic E-state index is 0.179. The van der Waals surface area contributed by atoms with Crippen LogP contribution in [0, 0.1) is 0 Å². The molecule has 0 spiro atoms. The van der Waals surface area contributed by atoms with Gasteiger partial charge in [-0.05, 0) is 29.1 Å². The summed E-state index contributed by atoms with van der Waals surface area (Å²) < 4.78 is 16.5. The van der Waals surface area contributed by atoms with Crippen molar-refractivity contribution < 1.29 is 24.1 Å². The molecule has 3 rings (SSSR count). The summed E-state index contributed by atoms with van der Waals surface area (Å²) >= 11 is 7.26. The van der Waals surface area contributed by atoms with Gasteiger partial charge in [-0.15, -0.1) is 11.3 Å². The molecular formula is C14H11ClO5S. The lowest BCUT2D eigenvalue weighted by Gasteiger charge is -2.20. The first-order valence-corrected chi connectivity index (χ1v) is 7.42. The fourth-order valence-corrected chi connectivity index (χ4v) is 2.94. The molecule has 1 aliphatic rings. The van der Waals surface area contributed by atoms with E-state index in [1.165, 1.54) is 0 Å². The fraction of sp³-hybridized carbons (Fsp3) is 0.214. The Hall–Kier alpha value is -1.92. The standard InChI is InChI=1S/C14H11ClO5S/c15-9-5-8(6-11-12(9)19-3-2-18-11)7-20-10-1-4-21-13(10)14(16)17/h1,4-6H,2-3,7H2,(H,16,17). The monoisotopic (exact) mass is 326 g/mol. The number of hydrogen-bond acceptors (Lipinski definition) is 5. The lowest BCUT2D eigenvalue weighted by atomic mass is 10.2. The van der Waals surface area contributed by atoms with Crippen molar-refractivity contribution >= 4 is 28.9 Å². The maximum atomic E-state index is 11.0. The summed E-state index contributed by atoms with van der Waals surface area (Å²) in [5.41, 5.74) is 0.784. The van der Waals surface area contributed by atoms with Crippen molar-refractivity contribution in [3.05, 3.63) is 39.0 Å². The van der Waals surface area contributed by atoms with Gasteiger partial charge >= 0.3 is 5.97 Å². The number of aromatic carboxylic acids is 1. The summed E-state index contributed by atoms with van der Waals surface area (Å²) in [4.78, 5) is 11.2. The zero-order chi connectivity index (χ0) is 14.8. The van der Waals surface area contributed by atoms with Gasteiger partial charge in [-0.3, -0.25) is 0 Å². The largest absolute Gasteiger partial charge is 0.487 e. The maximum Gasteiger partial charge on any atom is 0.349 e. The van der Waals surface area contributed by atoms with Crippen molar-refractivity contribution in [2.75, 3.05) is 13.2 Å². The number of hydrogen-bond donors (Lipinski definition) is 1. The van der Waals surface area contributed by atoms with Gasteiger partial charge in [0.25, 0.3) is 0 Å². The van der Waals surface area contributed by atoms with E-state index in [0.29, 0.717) is 35.5 Å². The molecule has 0 aliphatic carbocycles. The SMILES string of the molecule is O=C(O)c1sccc1OCc1cc(Cl)c2c(c1)OCCO2. The first-order chi connectivity index (χ1) is 10.1. The quantitative estimate of drug-likeness (QED) is 0.932. The zero-order valence-corrected chi connectivity index (χ0v) is 12.4. The zero-order valence-electron chi connectivity index (χ0n) is 10.8. The average Bonchev–Trinajstić information content (AvgIpc) is 2.94. The maximum absolute atomic E-state index is 11.0. The number of rotatable bonds is 4. The summed E-state index contributed by atoms with van der Waals surface area (Å²) in [7, 11) is 0. The van der Waals surface area contributed by atoms with Crippen LogP contribution in [-0.2, 0) is 6.61 Å². The first kappa shape index (κ1) is 14.0. The fourth-order valence-electron chi connectivity index (χ4n) is 1.98. The smallest absolute Gasteiger partial charge is 0.349 e. The van der Waals surface area contributed by atoms with Crippen LogP contribution in [-0.4, -0.2) is 24.3 Å². The van der Waals surface area contributed by atoms with E-state index >= 15 is 0 Å². The summed E-state index contributed by atoms with van der Waals surface area (Å²) in [5, 5.41) is 11.2. The van der Waals surface area contributed by atoms with Gasteiger partial charge in [-0.1, -0.05) is 11.6 Å². The van der Waals surface area contributed by atoms with Gasteiger partial charge in [0, 0.05) is 0 Å². The summed E-state index contributed by atoms with van der Waals surface area (Å²) in [6.45, 7) is 1.15. The van der Waals surface area contributed by atoms with Crippen LogP contribution in [0.5, 0.6) is 17.2 Å². The molecule has 0 atom stereocenters. The van der Waals surface area contributed by atoms with Crippen molar-refractivity contribution in [2.24, 2.45) is 0 Å². The van der Waals surface area contributed by atoms with Crippen LogP contribution in [0.1, 0.15) is 15.2 Å². The van der Waals surface area contributed by atoms with Crippen molar-refractivity contribution in [1.29, 1.82) is 0 Å². The third-order valence-corrected chi connectivity index (χ3v) is 4.04. The second kappa shape index (κ2) is 5.83. The molecule has 0 unspecified atom stereocenters. The summed E-state index contributed by atoms with van der Waals surface area (Å²) in [6.07, 6.45) is 0. The molecule has 7 heteroatoms. The van der Waals surface area contributed by atoms with E-state index in [1.807, 2.05) is 0 Å². The number of fused-ring (bicyclic) bond motifs is 1. The number of carboxylic acids is 1. The van der Waals surface area contributed by atoms with Crippen molar-refractivity contribution in [3.8, 4) is 17.2 Å². The van der Waals surface area contributed by atoms with Crippen LogP contribution in [0.4, 0.5) is 0 Å². The van der Waals surface area contributed by atoms with Gasteiger partial charge in [0.2, 0.25) is 0 Å². The molecule has 110 valence electrons. The highest BCUT2D eigenvalue weighted by Gasteiger charge is 2.18. The minimum Gasteiger partial charge on any atom is -0.487 e. The Morgan fingerprint density at radius 2 is 2.19 bits per heavy atom. The Labute approximate surface area is 129 Å². The number of thiophene rings is 1. The van der Waals surface area contributed by atoms with Crippen LogP contribution in [0.15, 0.2) is 23.6 Å². The van der Waals surface area contributed by atoms with Crippen LogP contribution in [0.3, 0.4) is 0 Å². The summed E-state index contributed by atoms with van der Waals surface area (Å²) in [5.74, 6) is 0.461. The van der Waals surface area contributed by atoms with Crippen LogP contribution in [0.25, 0.3) is 0 Å². The molecule has 2 aromatic rings. The molecule has 0 fully saturated rings. The molecule has 0 radical (unpaired) electrons. The number of carbonyl (C=O) groups is 1. The highest BCUT2D eigenvalue weighted by atomic mass is 35.5. The summed E-state index contributed by atoms with van der Waals surface area (Å²) in [6, 6.07) is 5.14. The van der Waals surface area contributed by atoms with E-state index in [0.717, 1.165) is 16.9 Å². The van der Waals surface area contributed by atoms with Crippen LogP contribution < -0.4 is 14.2 Å². The minimum atomic E-state index is -1.000. The van der Waals surface area contributed by atoms with Gasteiger partial charge in [0.15, 0.2) is 16.4 Å². The van der Waals surface area contributed by atoms with E-state index in [4.69, 9.17) is 30.9 Å². The molecule has 1 aliphatic heterocycles. The van der Waals surface area contributed by atoms with Crippen LogP contribution >= 0.6 is 22.9 Å². The van der Waals surface area contributed by atoms with E-state index in [-0.39, 0.29) is 11.5 Å². The molecule has 0 amide bonds. The molecule has 21 heavy (non-hydrogen) atoms. The molecule has 1 aromatic carbocycles. The third-order valence-electron chi connectivity index (χ3n) is 2.87. The molecule has 5 nitrogen and oxygen atoms in total. The molecule has 0 saturated heterocycles. The van der Waals surface area contributed by atoms with Gasteiger partial charge in [0.05, 0.1) is 5.02 Å². The second-order valence-corrected chi connectivity index (χ2v) is 5.63. The van der Waals surface area contributed by atoms with E-state index in [2.05, 4.69) is 0 Å². The third kappa shape index (κ3) is 2.91. The van der Waals surface area contributed by atoms with E-state index in [9.17, 15) is 4.79 Å². The van der Waals surface area contributed by atoms with Gasteiger partial charge in [0.1, 0.15) is 25.6 Å². The highest BCUT2D eigenvalue weighted by Crippen LogP contribution is 2.38. The van der Waals surface area contributed by atoms with Crippen LogP contribution in [0.2, 0.25) is 5.02 Å². The molecular weight excluding hydrogens is 316 g/mol. The van der Waals surface area contributed by atoms with Gasteiger partial charge in [-0.2, -0.15) is 0 Å². The first-order valence-electron chi connectivity index (χ1n) is 6.17. The number of ether oxygens (including phenoxy) is 3. The Morgan fingerprint density at radius 1 is 1.38 bits per heavy atom. The van der Waals surface area contributed by atoms with Gasteiger partial charge < -0.3 is 19.3 Å². The Morgan fingerprint density at radius 3 is 3.00 bits per heavy atom. The molecule has 2 heterocycles. The average molecular weight is 327 g/mol. The lowest BCUT2D eigenvalue weighted by molar-refractivity contribution is 0.0697. The Balaban J connectivity index is 1.78.